The molecule has 0 fully saturated rings. The Balaban J connectivity index is 2.19. The number of aromatic amines is 1. The van der Waals surface area contributed by atoms with E-state index in [-0.39, 0.29) is 11.8 Å². The number of H-pyrrole nitrogens is 1. The van der Waals surface area contributed by atoms with Gasteiger partial charge < -0.3 is 9.72 Å². The van der Waals surface area contributed by atoms with Gasteiger partial charge in [-0.25, -0.2) is 4.79 Å². The number of ether oxygens (including phenoxy) is 1. The summed E-state index contributed by atoms with van der Waals surface area (Å²) in [5.41, 5.74) is 3.41. The Morgan fingerprint density at radius 1 is 1.20 bits per heavy atom. The lowest BCUT2D eigenvalue weighted by Crippen LogP contribution is -2.36. The minimum atomic E-state index is -0.391. The Morgan fingerprint density at radius 3 is 2.44 bits per heavy atom. The van der Waals surface area contributed by atoms with Crippen LogP contribution in [0.15, 0.2) is 30.3 Å². The molecule has 0 amide bonds. The molecule has 5 heteroatoms. The van der Waals surface area contributed by atoms with Gasteiger partial charge in [-0.1, -0.05) is 30.3 Å². The first-order valence-corrected chi connectivity index (χ1v) is 8.51. The number of esters is 1. The Hall–Kier alpha value is -2.40. The molecule has 0 aliphatic carbocycles. The van der Waals surface area contributed by atoms with Gasteiger partial charge in [0.25, 0.3) is 0 Å². The molecule has 134 valence electrons. The van der Waals surface area contributed by atoms with Gasteiger partial charge in [0.15, 0.2) is 5.78 Å². The number of hydrogen-bond donors (Lipinski definition) is 1. The zero-order valence-electron chi connectivity index (χ0n) is 15.6. The van der Waals surface area contributed by atoms with Crippen LogP contribution in [0.4, 0.5) is 0 Å². The molecule has 2 rings (SSSR count). The first-order valence-electron chi connectivity index (χ1n) is 8.51. The van der Waals surface area contributed by atoms with E-state index in [4.69, 9.17) is 4.74 Å². The minimum absolute atomic E-state index is 0.0328. The predicted molar refractivity (Wildman–Crippen MR) is 97.9 cm³/mol. The molecule has 0 saturated heterocycles. The quantitative estimate of drug-likeness (QED) is 0.618. The van der Waals surface area contributed by atoms with Crippen molar-refractivity contribution in [1.82, 2.24) is 9.88 Å². The smallest absolute Gasteiger partial charge is 0.340 e. The number of carbonyl (C=O) groups is 2. The zero-order chi connectivity index (χ0) is 18.6. The first kappa shape index (κ1) is 18.9. The second-order valence-corrected chi connectivity index (χ2v) is 6.29. The van der Waals surface area contributed by atoms with Crippen LogP contribution in [0, 0.1) is 13.8 Å². The maximum Gasteiger partial charge on any atom is 0.340 e. The normalized spacial score (nSPS) is 12.2. The molecule has 0 radical (unpaired) electrons. The highest BCUT2D eigenvalue weighted by molar-refractivity contribution is 6.03. The summed E-state index contributed by atoms with van der Waals surface area (Å²) < 4.78 is 5.09. The number of hydrogen-bond acceptors (Lipinski definition) is 4. The molecule has 0 aliphatic heterocycles. The molecule has 5 nitrogen and oxygen atoms in total. The van der Waals surface area contributed by atoms with Crippen molar-refractivity contribution in [3.63, 3.8) is 0 Å². The van der Waals surface area contributed by atoms with Crippen LogP contribution in [-0.2, 0) is 11.3 Å². The van der Waals surface area contributed by atoms with E-state index >= 15 is 0 Å². The summed E-state index contributed by atoms with van der Waals surface area (Å²) in [6, 6.07) is 9.71. The average molecular weight is 342 g/mol. The lowest BCUT2D eigenvalue weighted by molar-refractivity contribution is 0.0525. The highest BCUT2D eigenvalue weighted by atomic mass is 16.5. The van der Waals surface area contributed by atoms with Crippen LogP contribution in [0.25, 0.3) is 0 Å². The number of nitrogens with zero attached hydrogens (tertiary/aromatic N) is 1. The lowest BCUT2D eigenvalue weighted by Gasteiger charge is -2.23. The fraction of sp³-hybridized carbons (Fsp3) is 0.400. The van der Waals surface area contributed by atoms with Gasteiger partial charge >= 0.3 is 5.97 Å². The molecule has 0 unspecified atom stereocenters. The Morgan fingerprint density at radius 2 is 1.84 bits per heavy atom. The van der Waals surface area contributed by atoms with Gasteiger partial charge in [-0.15, -0.1) is 0 Å². The summed E-state index contributed by atoms with van der Waals surface area (Å²) in [6.45, 7) is 8.20. The first-order chi connectivity index (χ1) is 11.9. The van der Waals surface area contributed by atoms with Crippen LogP contribution in [0.5, 0.6) is 0 Å². The number of likely N-dealkylation sites (N-methyl/N-ethyl adjacent to an activating group) is 1. The average Bonchev–Trinajstić information content (AvgIpc) is 2.89. The molecule has 1 aromatic heterocycles. The molecule has 0 saturated carbocycles. The predicted octanol–water partition coefficient (Wildman–Crippen LogP) is 3.51. The molecule has 2 aromatic rings. The number of aromatic nitrogens is 1. The Bertz CT molecular complexity index is 750. The van der Waals surface area contributed by atoms with Crippen LogP contribution < -0.4 is 0 Å². The van der Waals surface area contributed by atoms with Crippen molar-refractivity contribution in [2.75, 3.05) is 13.7 Å². The number of aryl methyl sites for hydroxylation is 1. The number of ketones is 1. The Labute approximate surface area is 149 Å². The van der Waals surface area contributed by atoms with Crippen LogP contribution in [-0.4, -0.2) is 41.3 Å². The molecule has 25 heavy (non-hydrogen) atoms. The van der Waals surface area contributed by atoms with Crippen molar-refractivity contribution in [2.45, 2.75) is 40.3 Å². The third kappa shape index (κ3) is 4.17. The largest absolute Gasteiger partial charge is 0.462 e. The van der Waals surface area contributed by atoms with Crippen molar-refractivity contribution < 1.29 is 14.3 Å². The molecule has 1 N–H and O–H groups in total. The van der Waals surface area contributed by atoms with Gasteiger partial charge in [0.1, 0.15) is 0 Å². The topological polar surface area (TPSA) is 62.4 Å². The third-order valence-corrected chi connectivity index (χ3v) is 4.48. The molecule has 0 spiro atoms. The van der Waals surface area contributed by atoms with Gasteiger partial charge in [-0.05, 0) is 45.9 Å². The zero-order valence-corrected chi connectivity index (χ0v) is 15.6. The van der Waals surface area contributed by atoms with Crippen molar-refractivity contribution in [3.8, 4) is 0 Å². The van der Waals surface area contributed by atoms with E-state index in [0.29, 0.717) is 35.7 Å². The van der Waals surface area contributed by atoms with Gasteiger partial charge in [0.2, 0.25) is 0 Å². The Kier molecular flexibility index (Phi) is 6.15. The fourth-order valence-electron chi connectivity index (χ4n) is 2.92. The highest BCUT2D eigenvalue weighted by Gasteiger charge is 2.27. The second kappa shape index (κ2) is 8.12. The molecule has 1 heterocycles. The van der Waals surface area contributed by atoms with E-state index in [9.17, 15) is 9.59 Å². The van der Waals surface area contributed by atoms with E-state index in [2.05, 4.69) is 4.98 Å². The summed E-state index contributed by atoms with van der Waals surface area (Å²) in [5.74, 6) is -0.423. The number of carbonyl (C=O) groups excluding carboxylic acids is 2. The van der Waals surface area contributed by atoms with Gasteiger partial charge in [-0.2, -0.15) is 0 Å². The van der Waals surface area contributed by atoms with E-state index < -0.39 is 5.97 Å². The SMILES string of the molecule is CCOC(=O)c1c(C)[nH]c(C(=O)[C@H](C)N(C)Cc2ccccc2)c1C. The monoisotopic (exact) mass is 342 g/mol. The number of Topliss-reactive ketones (excluding diaryl/α,β-unsaturated/α-hetero) is 1. The molecule has 1 atom stereocenters. The fourth-order valence-corrected chi connectivity index (χ4v) is 2.92. The summed E-state index contributed by atoms with van der Waals surface area (Å²) in [6.07, 6.45) is 0. The van der Waals surface area contributed by atoms with Gasteiger partial charge in [-0.3, -0.25) is 9.69 Å². The molecular formula is C20H26N2O3. The van der Waals surface area contributed by atoms with Crippen molar-refractivity contribution >= 4 is 11.8 Å². The lowest BCUT2D eigenvalue weighted by atomic mass is 10.0. The van der Waals surface area contributed by atoms with Crippen molar-refractivity contribution in [2.24, 2.45) is 0 Å². The standard InChI is InChI=1S/C20H26N2O3/c1-6-25-20(24)17-13(2)18(21-14(17)3)19(23)15(4)22(5)12-16-10-8-7-9-11-16/h7-11,15,21H,6,12H2,1-5H3/t15-/m0/s1. The number of nitrogens with one attached hydrogen (secondary N) is 1. The van der Waals surface area contributed by atoms with Gasteiger partial charge in [0, 0.05) is 12.2 Å². The highest BCUT2D eigenvalue weighted by Crippen LogP contribution is 2.21. The second-order valence-electron chi connectivity index (χ2n) is 6.29. The summed E-state index contributed by atoms with van der Waals surface area (Å²) >= 11 is 0. The molecular weight excluding hydrogens is 316 g/mol. The van der Waals surface area contributed by atoms with Gasteiger partial charge in [0.05, 0.1) is 23.9 Å². The summed E-state index contributed by atoms with van der Waals surface area (Å²) in [5, 5.41) is 0. The molecule has 0 aliphatic rings. The number of rotatable bonds is 7. The van der Waals surface area contributed by atoms with Crippen molar-refractivity contribution in [3.05, 3.63) is 58.4 Å². The maximum atomic E-state index is 12.9. The minimum Gasteiger partial charge on any atom is -0.462 e. The van der Waals surface area contributed by atoms with E-state index in [1.54, 1.807) is 20.8 Å². The summed E-state index contributed by atoms with van der Waals surface area (Å²) in [7, 11) is 1.92. The van der Waals surface area contributed by atoms with E-state index in [0.717, 1.165) is 5.56 Å². The van der Waals surface area contributed by atoms with E-state index in [1.807, 2.05) is 49.2 Å². The molecule has 1 aromatic carbocycles. The van der Waals surface area contributed by atoms with E-state index in [1.165, 1.54) is 0 Å². The summed E-state index contributed by atoms with van der Waals surface area (Å²) in [4.78, 5) is 30.1. The van der Waals surface area contributed by atoms with Crippen LogP contribution >= 0.6 is 0 Å². The molecule has 0 bridgehead atoms. The number of benzene rings is 1. The maximum absolute atomic E-state index is 12.9. The van der Waals surface area contributed by atoms with Crippen LogP contribution in [0.2, 0.25) is 0 Å². The van der Waals surface area contributed by atoms with Crippen molar-refractivity contribution in [1.29, 1.82) is 0 Å². The third-order valence-electron chi connectivity index (χ3n) is 4.48. The van der Waals surface area contributed by atoms with Crippen LogP contribution in [0.3, 0.4) is 0 Å². The van der Waals surface area contributed by atoms with Crippen LogP contribution in [0.1, 0.15) is 51.5 Å².